The molecule has 0 aromatic carbocycles. The Kier molecular flexibility index (Phi) is 66.6. The van der Waals surface area contributed by atoms with Gasteiger partial charge in [-0.2, -0.15) is 0 Å². The number of hydrogen-bond donors (Lipinski definition) is 12. The van der Waals surface area contributed by atoms with Crippen molar-refractivity contribution in [2.75, 3.05) is 26.4 Å². The molecule has 3 aliphatic heterocycles. The molecule has 0 saturated carbocycles. The summed E-state index contributed by atoms with van der Waals surface area (Å²) in [5.74, 6) is -0.282. The number of nitrogens with one attached hydrogen (secondary N) is 1. The molecule has 19 nitrogen and oxygen atoms in total. The quantitative estimate of drug-likeness (QED) is 0.0199. The summed E-state index contributed by atoms with van der Waals surface area (Å²) >= 11 is 0. The van der Waals surface area contributed by atoms with Crippen LogP contribution in [-0.2, 0) is 33.2 Å². The minimum absolute atomic E-state index is 0.235. The first kappa shape index (κ1) is 103. The summed E-state index contributed by atoms with van der Waals surface area (Å²) in [5.41, 5.74) is 0. The number of unbranched alkanes of at least 4 members (excludes halogenated alkanes) is 54. The lowest BCUT2D eigenvalue weighted by Gasteiger charge is -2.48. The summed E-state index contributed by atoms with van der Waals surface area (Å²) < 4.78 is 34.5. The Labute approximate surface area is 675 Å². The third kappa shape index (κ3) is 50.3. The lowest BCUT2D eigenvalue weighted by Crippen LogP contribution is -2.66. The predicted molar refractivity (Wildman–Crippen MR) is 448 cm³/mol. The van der Waals surface area contributed by atoms with Crippen molar-refractivity contribution < 1.29 is 89.4 Å². The predicted octanol–water partition coefficient (Wildman–Crippen LogP) is 18.0. The molecule has 3 rings (SSSR count). The van der Waals surface area contributed by atoms with Crippen LogP contribution >= 0.6 is 0 Å². The molecule has 3 saturated heterocycles. The van der Waals surface area contributed by atoms with Crippen LogP contribution in [0.1, 0.15) is 399 Å². The van der Waals surface area contributed by atoms with E-state index >= 15 is 0 Å². The fourth-order valence-corrected chi connectivity index (χ4v) is 15.7. The largest absolute Gasteiger partial charge is 0.394 e. The van der Waals surface area contributed by atoms with E-state index in [4.69, 9.17) is 28.4 Å². The number of hydrogen-bond acceptors (Lipinski definition) is 18. The first-order valence-corrected chi connectivity index (χ1v) is 46.4. The smallest absolute Gasteiger partial charge is 0.220 e. The average Bonchev–Trinajstić information content (AvgIpc) is 0.780. The van der Waals surface area contributed by atoms with E-state index in [0.29, 0.717) is 12.8 Å². The number of aliphatic hydroxyl groups excluding tert-OH is 11. The van der Waals surface area contributed by atoms with Crippen molar-refractivity contribution in [2.45, 2.75) is 503 Å². The van der Waals surface area contributed by atoms with Crippen molar-refractivity contribution in [3.05, 3.63) is 48.6 Å². The third-order valence-corrected chi connectivity index (χ3v) is 23.1. The molecule has 3 heterocycles. The van der Waals surface area contributed by atoms with Gasteiger partial charge in [0.1, 0.15) is 73.2 Å². The molecule has 0 radical (unpaired) electrons. The SMILES string of the molecule is CCCCCCCCCC/C=C\CCCCCCCCCCCCCCCCCCCCCCCC(=O)NC(COC1OC(CO)C(OC2OC(CO)C(OC3OC(CO)C(O)C(O)C3O)C(O)C2O)C(O)C1O)C(O)/C=C/CC/C=C/CC/C=C/CCCCCCCCCCCCCCCCCCCCCCCCC. The van der Waals surface area contributed by atoms with Crippen LogP contribution in [0.25, 0.3) is 0 Å². The molecule has 19 heteroatoms. The molecule has 0 spiro atoms. The van der Waals surface area contributed by atoms with Crippen molar-refractivity contribution in [2.24, 2.45) is 0 Å². The van der Waals surface area contributed by atoms with Crippen LogP contribution in [-0.4, -0.2) is 193 Å². The number of ether oxygens (including phenoxy) is 6. The third-order valence-electron chi connectivity index (χ3n) is 23.1. The van der Waals surface area contributed by atoms with Crippen LogP contribution in [0.2, 0.25) is 0 Å². The topological polar surface area (TPSA) is 307 Å². The van der Waals surface area contributed by atoms with Crippen LogP contribution in [0.3, 0.4) is 0 Å². The number of rotatable bonds is 76. The standard InChI is InChI=1S/C92H171NO18/c1-3-5-7-9-11-13-15-17-19-21-23-25-27-29-31-33-35-37-39-41-43-45-47-49-51-53-55-57-59-61-63-65-67-69-76(97)75(74-106-90-86(104)83(101)88(78(72-95)108-90)111-92-87(105)84(102)89(79(73-96)109-92)110-91-85(103)82(100)81(99)77(71-94)107-91)93-80(98)70-68-66-64-62-60-58-56-54-52-50-48-46-44-42-40-38-36-34-32-30-28-26-24-22-20-18-16-14-12-10-8-6-4-2/h22,24,51,53,59,61,67,69,75-79,81-92,94-97,99-105H,3-21,23,25-50,52,54-58,60,62-66,68,70-74H2,1-2H3,(H,93,98)/b24-22-,53-51+,61-59+,69-67+. The van der Waals surface area contributed by atoms with Crippen molar-refractivity contribution in [1.82, 2.24) is 5.32 Å². The molecule has 0 aromatic heterocycles. The minimum atomic E-state index is -1.98. The van der Waals surface area contributed by atoms with Gasteiger partial charge in [0.15, 0.2) is 18.9 Å². The number of carbonyl (C=O) groups is 1. The molecule has 111 heavy (non-hydrogen) atoms. The van der Waals surface area contributed by atoms with Gasteiger partial charge in [-0.1, -0.05) is 371 Å². The Hall–Kier alpha value is -2.25. The summed E-state index contributed by atoms with van der Waals surface area (Å²) in [4.78, 5) is 13.5. The molecular formula is C92H171NO18. The van der Waals surface area contributed by atoms with E-state index in [2.05, 4.69) is 55.6 Å². The molecule has 0 aliphatic carbocycles. The van der Waals surface area contributed by atoms with Gasteiger partial charge < -0.3 is 89.9 Å². The fraction of sp³-hybridized carbons (Fsp3) is 0.902. The van der Waals surface area contributed by atoms with Crippen molar-refractivity contribution >= 4 is 5.91 Å². The Morgan fingerprint density at radius 1 is 0.315 bits per heavy atom. The molecule has 3 aliphatic rings. The summed E-state index contributed by atoms with van der Waals surface area (Å²) in [6.07, 6.45) is 67.1. The first-order chi connectivity index (χ1) is 54.3. The van der Waals surface area contributed by atoms with Crippen LogP contribution < -0.4 is 5.32 Å². The van der Waals surface area contributed by atoms with Gasteiger partial charge in [0, 0.05) is 6.42 Å². The van der Waals surface area contributed by atoms with Crippen LogP contribution in [0, 0.1) is 0 Å². The molecule has 0 bridgehead atoms. The maximum absolute atomic E-state index is 13.5. The number of aliphatic hydroxyl groups is 11. The second kappa shape index (κ2) is 71.8. The Bertz CT molecular complexity index is 2190. The van der Waals surface area contributed by atoms with Gasteiger partial charge >= 0.3 is 0 Å². The number of allylic oxidation sites excluding steroid dienone is 7. The average molecular weight is 1580 g/mol. The van der Waals surface area contributed by atoms with Crippen molar-refractivity contribution in [1.29, 1.82) is 0 Å². The number of amides is 1. The summed E-state index contributed by atoms with van der Waals surface area (Å²) in [6, 6.07) is -0.999. The van der Waals surface area contributed by atoms with Gasteiger partial charge in [0.05, 0.1) is 38.6 Å². The molecular weight excluding hydrogens is 1410 g/mol. The normalized spacial score (nSPS) is 25.2. The zero-order chi connectivity index (χ0) is 80.3. The molecule has 17 atom stereocenters. The summed E-state index contributed by atoms with van der Waals surface area (Å²) in [7, 11) is 0. The Morgan fingerprint density at radius 2 is 0.577 bits per heavy atom. The van der Waals surface area contributed by atoms with E-state index in [-0.39, 0.29) is 18.9 Å². The monoisotopic (exact) mass is 1580 g/mol. The van der Waals surface area contributed by atoms with Crippen LogP contribution in [0.5, 0.6) is 0 Å². The highest BCUT2D eigenvalue weighted by Crippen LogP contribution is 2.34. The van der Waals surface area contributed by atoms with E-state index in [0.717, 1.165) is 44.9 Å². The second-order valence-electron chi connectivity index (χ2n) is 33.1. The van der Waals surface area contributed by atoms with E-state index in [9.17, 15) is 61.0 Å². The second-order valence-corrected chi connectivity index (χ2v) is 33.1. The molecule has 17 unspecified atom stereocenters. The lowest BCUT2D eigenvalue weighted by molar-refractivity contribution is -0.379. The zero-order valence-corrected chi connectivity index (χ0v) is 70.5. The van der Waals surface area contributed by atoms with Gasteiger partial charge in [-0.15, -0.1) is 0 Å². The zero-order valence-electron chi connectivity index (χ0n) is 70.5. The fourth-order valence-electron chi connectivity index (χ4n) is 15.7. The van der Waals surface area contributed by atoms with Gasteiger partial charge in [0.25, 0.3) is 0 Å². The summed E-state index contributed by atoms with van der Waals surface area (Å²) in [6.45, 7) is 1.78. The highest BCUT2D eigenvalue weighted by Gasteiger charge is 2.54. The highest BCUT2D eigenvalue weighted by molar-refractivity contribution is 5.76. The molecule has 0 aromatic rings. The molecule has 652 valence electrons. The van der Waals surface area contributed by atoms with Gasteiger partial charge in [0.2, 0.25) is 5.91 Å². The van der Waals surface area contributed by atoms with Gasteiger partial charge in [-0.25, -0.2) is 0 Å². The van der Waals surface area contributed by atoms with Crippen LogP contribution in [0.15, 0.2) is 48.6 Å². The maximum atomic E-state index is 13.5. The van der Waals surface area contributed by atoms with E-state index in [1.807, 2.05) is 6.08 Å². The van der Waals surface area contributed by atoms with Crippen LogP contribution in [0.4, 0.5) is 0 Å². The summed E-state index contributed by atoms with van der Waals surface area (Å²) in [5, 5.41) is 121. The maximum Gasteiger partial charge on any atom is 0.220 e. The molecule has 1 amide bonds. The highest BCUT2D eigenvalue weighted by atomic mass is 16.8. The van der Waals surface area contributed by atoms with Gasteiger partial charge in [-0.3, -0.25) is 4.79 Å². The molecule has 3 fully saturated rings. The molecule has 12 N–H and O–H groups in total. The van der Waals surface area contributed by atoms with E-state index in [1.165, 1.54) is 321 Å². The van der Waals surface area contributed by atoms with E-state index < -0.39 is 124 Å². The van der Waals surface area contributed by atoms with Crippen molar-refractivity contribution in [3.8, 4) is 0 Å². The lowest BCUT2D eigenvalue weighted by atomic mass is 9.96. The van der Waals surface area contributed by atoms with E-state index in [1.54, 1.807) is 6.08 Å². The van der Waals surface area contributed by atoms with Gasteiger partial charge in [-0.05, 0) is 70.6 Å². The number of carbonyl (C=O) groups excluding carboxylic acids is 1. The van der Waals surface area contributed by atoms with Crippen molar-refractivity contribution in [3.63, 3.8) is 0 Å². The minimum Gasteiger partial charge on any atom is -0.394 e. The Morgan fingerprint density at radius 3 is 0.901 bits per heavy atom. The first-order valence-electron chi connectivity index (χ1n) is 46.4. The Balaban J connectivity index is 1.33.